The van der Waals surface area contributed by atoms with E-state index in [1.807, 2.05) is 0 Å². The third-order valence-electron chi connectivity index (χ3n) is 5.99. The molecule has 134 valence electrons. The Balaban J connectivity index is 2.35. The second-order valence-corrected chi connectivity index (χ2v) is 11.7. The Kier molecular flexibility index (Phi) is 4.43. The van der Waals surface area contributed by atoms with Gasteiger partial charge in [-0.25, -0.2) is 0 Å². The minimum absolute atomic E-state index is 0.0535. The molecule has 2 aliphatic rings. The van der Waals surface area contributed by atoms with Crippen LogP contribution in [0, 0.1) is 0 Å². The lowest BCUT2D eigenvalue weighted by Crippen LogP contribution is -2.47. The summed E-state index contributed by atoms with van der Waals surface area (Å²) in [6, 6.07) is 4.63. The fourth-order valence-electron chi connectivity index (χ4n) is 4.70. The number of hydrogen-bond acceptors (Lipinski definition) is 1. The highest BCUT2D eigenvalue weighted by Crippen LogP contribution is 2.45. The first kappa shape index (κ1) is 18.3. The van der Waals surface area contributed by atoms with Crippen LogP contribution in [0.4, 0.5) is 0 Å². The lowest BCUT2D eigenvalue weighted by Gasteiger charge is -2.33. The van der Waals surface area contributed by atoms with Crippen LogP contribution >= 0.6 is 0 Å². The number of primary amides is 1. The van der Waals surface area contributed by atoms with Crippen molar-refractivity contribution in [2.24, 2.45) is 5.73 Å². The standard InChI is InChI=1S/C22H31NOSi/c1-14-10-15-12-16(21(2,3)4)13-18(17(15)11-14)22(20(23)24)9-7-8-19(22)25(5)6/h10,12-13H,7-9,11H2,1-6H3,(H2,23,24). The van der Waals surface area contributed by atoms with Gasteiger partial charge in [-0.2, -0.15) is 0 Å². The Hall–Kier alpha value is -1.48. The van der Waals surface area contributed by atoms with E-state index in [2.05, 4.69) is 59.0 Å². The third kappa shape index (κ3) is 2.87. The van der Waals surface area contributed by atoms with Crippen LogP contribution in [0.25, 0.3) is 6.08 Å². The van der Waals surface area contributed by atoms with Crippen LogP contribution < -0.4 is 5.73 Å². The van der Waals surface area contributed by atoms with Crippen LogP contribution in [0.1, 0.15) is 69.2 Å². The predicted molar refractivity (Wildman–Crippen MR) is 110 cm³/mol. The average Bonchev–Trinajstić information content (AvgIpc) is 3.07. The maximum atomic E-state index is 12.9. The predicted octanol–water partition coefficient (Wildman–Crippen LogP) is 4.36. The van der Waals surface area contributed by atoms with Gasteiger partial charge in [-0.1, -0.05) is 62.8 Å². The molecule has 2 aliphatic carbocycles. The van der Waals surface area contributed by atoms with Crippen molar-refractivity contribution in [2.75, 3.05) is 0 Å². The van der Waals surface area contributed by atoms with Crippen molar-refractivity contribution in [1.29, 1.82) is 0 Å². The summed E-state index contributed by atoms with van der Waals surface area (Å²) in [6.45, 7) is 13.5. The van der Waals surface area contributed by atoms with Gasteiger partial charge in [0.2, 0.25) is 5.91 Å². The van der Waals surface area contributed by atoms with Gasteiger partial charge < -0.3 is 5.73 Å². The average molecular weight is 354 g/mol. The summed E-state index contributed by atoms with van der Waals surface area (Å²) < 4.78 is 0. The molecule has 0 saturated heterocycles. The number of allylic oxidation sites excluding steroid dienone is 1. The molecule has 3 rings (SSSR count). The molecule has 1 amide bonds. The lowest BCUT2D eigenvalue weighted by atomic mass is 9.72. The molecule has 1 unspecified atom stereocenters. The van der Waals surface area contributed by atoms with E-state index in [0.29, 0.717) is 0 Å². The van der Waals surface area contributed by atoms with Crippen LogP contribution in [-0.4, -0.2) is 19.5 Å². The highest BCUT2D eigenvalue weighted by Gasteiger charge is 2.47. The number of carbonyl (C=O) groups excluding carboxylic acids is 1. The molecule has 1 aromatic rings. The van der Waals surface area contributed by atoms with Gasteiger partial charge in [0.1, 0.15) is 0 Å². The van der Waals surface area contributed by atoms with Gasteiger partial charge in [-0.3, -0.25) is 4.79 Å². The highest BCUT2D eigenvalue weighted by atomic mass is 28.2. The van der Waals surface area contributed by atoms with Crippen LogP contribution in [-0.2, 0) is 22.0 Å². The van der Waals surface area contributed by atoms with Gasteiger partial charge in [0.25, 0.3) is 0 Å². The fraction of sp³-hybridized carbons (Fsp3) is 0.545. The molecule has 0 heterocycles. The summed E-state index contributed by atoms with van der Waals surface area (Å²) >= 11 is 0. The minimum atomic E-state index is -0.689. The summed E-state index contributed by atoms with van der Waals surface area (Å²) in [6.07, 6.45) is 6.26. The molecule has 2 nitrogen and oxygen atoms in total. The molecule has 1 saturated carbocycles. The number of nitrogens with two attached hydrogens (primary N) is 1. The van der Waals surface area contributed by atoms with E-state index < -0.39 is 13.8 Å². The molecule has 1 atom stereocenters. The molecule has 0 radical (unpaired) electrons. The molecule has 0 aromatic heterocycles. The van der Waals surface area contributed by atoms with Crippen molar-refractivity contribution < 1.29 is 4.79 Å². The minimum Gasteiger partial charge on any atom is -0.369 e. The van der Waals surface area contributed by atoms with Gasteiger partial charge in [-0.15, -0.1) is 0 Å². The Morgan fingerprint density at radius 3 is 2.48 bits per heavy atom. The quantitative estimate of drug-likeness (QED) is 0.789. The van der Waals surface area contributed by atoms with E-state index in [1.165, 1.54) is 33.0 Å². The van der Waals surface area contributed by atoms with Crippen molar-refractivity contribution in [3.05, 3.63) is 40.0 Å². The Morgan fingerprint density at radius 1 is 1.24 bits per heavy atom. The van der Waals surface area contributed by atoms with Crippen LogP contribution in [0.15, 0.2) is 17.7 Å². The number of carbonyl (C=O) groups is 1. The van der Waals surface area contributed by atoms with Crippen molar-refractivity contribution in [2.45, 2.75) is 77.3 Å². The molecule has 25 heavy (non-hydrogen) atoms. The van der Waals surface area contributed by atoms with Gasteiger partial charge >= 0.3 is 0 Å². The number of hydrogen-bond donors (Lipinski definition) is 1. The maximum Gasteiger partial charge on any atom is 0.231 e. The molecule has 0 spiro atoms. The second-order valence-electron chi connectivity index (χ2n) is 9.11. The summed E-state index contributed by atoms with van der Waals surface area (Å²) in [5, 5.41) is 1.43. The fourth-order valence-corrected chi connectivity index (χ4v) is 6.62. The summed E-state index contributed by atoms with van der Waals surface area (Å²) in [7, 11) is -0.689. The smallest absolute Gasteiger partial charge is 0.231 e. The topological polar surface area (TPSA) is 43.1 Å². The molecule has 1 fully saturated rings. The largest absolute Gasteiger partial charge is 0.369 e. The Bertz CT molecular complexity index is 806. The second kappa shape index (κ2) is 6.05. The zero-order valence-corrected chi connectivity index (χ0v) is 17.5. The number of fused-ring (bicyclic) bond motifs is 1. The highest BCUT2D eigenvalue weighted by molar-refractivity contribution is 6.72. The van der Waals surface area contributed by atoms with Gasteiger partial charge in [0, 0.05) is 8.41 Å². The van der Waals surface area contributed by atoms with E-state index in [9.17, 15) is 4.79 Å². The Morgan fingerprint density at radius 2 is 1.92 bits per heavy atom. The third-order valence-corrected chi connectivity index (χ3v) is 7.87. The SMILES string of the molecule is CC1=Cc2cc(C(C)(C)C)cc(C3(C(N)=O)CCCC3=[Si](C)C)c2C1. The van der Waals surface area contributed by atoms with Gasteiger partial charge in [0.05, 0.1) is 5.41 Å². The number of benzene rings is 1. The zero-order valence-electron chi connectivity index (χ0n) is 16.5. The molecular weight excluding hydrogens is 322 g/mol. The van der Waals surface area contributed by atoms with Crippen molar-refractivity contribution in [1.82, 2.24) is 0 Å². The first-order chi connectivity index (χ1) is 11.6. The van der Waals surface area contributed by atoms with E-state index in [0.717, 1.165) is 25.7 Å². The number of amides is 1. The van der Waals surface area contributed by atoms with E-state index in [-0.39, 0.29) is 11.3 Å². The number of rotatable bonds is 2. The molecular formula is C22H31NOSi. The Labute approximate surface area is 153 Å². The first-order valence-electron chi connectivity index (χ1n) is 9.39. The van der Waals surface area contributed by atoms with Crippen LogP contribution in [0.2, 0.25) is 13.1 Å². The maximum absolute atomic E-state index is 12.9. The monoisotopic (exact) mass is 353 g/mol. The van der Waals surface area contributed by atoms with Gasteiger partial charge in [-0.05, 0) is 60.3 Å². The van der Waals surface area contributed by atoms with Crippen LogP contribution in [0.3, 0.4) is 0 Å². The van der Waals surface area contributed by atoms with Crippen molar-refractivity contribution >= 4 is 25.6 Å². The lowest BCUT2D eigenvalue weighted by molar-refractivity contribution is -0.121. The molecule has 1 aromatic carbocycles. The summed E-state index contributed by atoms with van der Waals surface area (Å²) in [5.41, 5.74) is 12.2. The first-order valence-corrected chi connectivity index (χ1v) is 11.9. The molecule has 3 heteroatoms. The van der Waals surface area contributed by atoms with Crippen LogP contribution in [0.5, 0.6) is 0 Å². The van der Waals surface area contributed by atoms with E-state index in [4.69, 9.17) is 5.73 Å². The zero-order chi connectivity index (χ0) is 18.6. The molecule has 0 bridgehead atoms. The summed E-state index contributed by atoms with van der Waals surface area (Å²) in [4.78, 5) is 12.9. The van der Waals surface area contributed by atoms with E-state index >= 15 is 0 Å². The van der Waals surface area contributed by atoms with Gasteiger partial charge in [0.15, 0.2) is 0 Å². The van der Waals surface area contributed by atoms with E-state index in [1.54, 1.807) is 0 Å². The molecule has 0 aliphatic heterocycles. The normalized spacial score (nSPS) is 22.8. The van der Waals surface area contributed by atoms with Crippen molar-refractivity contribution in [3.8, 4) is 0 Å². The van der Waals surface area contributed by atoms with Crippen molar-refractivity contribution in [3.63, 3.8) is 0 Å². The summed E-state index contributed by atoms with van der Waals surface area (Å²) in [5.74, 6) is -0.135. The molecule has 2 N–H and O–H groups in total.